The van der Waals surface area contributed by atoms with Crippen molar-refractivity contribution in [3.8, 4) is 33.5 Å². The fourth-order valence-electron chi connectivity index (χ4n) is 9.79. The summed E-state index contributed by atoms with van der Waals surface area (Å²) in [6.07, 6.45) is 0. The van der Waals surface area contributed by atoms with Crippen molar-refractivity contribution in [2.75, 3.05) is 0 Å². The van der Waals surface area contributed by atoms with Crippen LogP contribution in [0.1, 0.15) is 0 Å². The Bertz CT molecular complexity index is 3840. The van der Waals surface area contributed by atoms with E-state index in [-0.39, 0.29) is 0 Å². The van der Waals surface area contributed by atoms with Gasteiger partial charge in [-0.3, -0.25) is 0 Å². The Morgan fingerprint density at radius 2 is 0.949 bits per heavy atom. The number of pyridine rings is 2. The standard InChI is InChI=1S/C56H32N2S/c1-2-14-33(15-3-1)54-46-29-28-44-38-18-11-13-25-50(38)59-56(44)53(46)45-27-26-35(32-49(45)58-54)51-39-19-6-8-21-41(39)52(42-22-9-7-20-40(42)51)47-31-36-30-34-16-4-12-24-48(34)57-55(36)43-23-10-5-17-37(43)47/h1-32H. The number of benzene rings is 10. The van der Waals surface area contributed by atoms with Gasteiger partial charge in [-0.25, -0.2) is 9.97 Å². The SMILES string of the molecule is c1ccc(-c2nc3cc(-c4c5ccccc5c(-c5cc6cc7ccccc7nc6c6ccccc56)c5ccccc45)ccc3c3c2ccc2c4ccccc4sc23)cc1. The van der Waals surface area contributed by atoms with Gasteiger partial charge in [0.05, 0.1) is 22.2 Å². The Kier molecular flexibility index (Phi) is 6.92. The molecule has 13 aromatic rings. The third-order valence-electron chi connectivity index (χ3n) is 12.4. The van der Waals surface area contributed by atoms with Crippen molar-refractivity contribution >= 4 is 107 Å². The van der Waals surface area contributed by atoms with E-state index in [9.17, 15) is 0 Å². The highest BCUT2D eigenvalue weighted by Gasteiger charge is 2.21. The van der Waals surface area contributed by atoms with E-state index >= 15 is 0 Å². The molecule has 3 aromatic heterocycles. The van der Waals surface area contributed by atoms with Gasteiger partial charge in [0.15, 0.2) is 0 Å². The molecule has 10 aromatic carbocycles. The predicted molar refractivity (Wildman–Crippen MR) is 254 cm³/mol. The van der Waals surface area contributed by atoms with Gasteiger partial charge in [0, 0.05) is 58.1 Å². The van der Waals surface area contributed by atoms with Crippen molar-refractivity contribution in [1.82, 2.24) is 9.97 Å². The Morgan fingerprint density at radius 1 is 0.339 bits per heavy atom. The minimum absolute atomic E-state index is 0.997. The van der Waals surface area contributed by atoms with Crippen LogP contribution in [0.25, 0.3) is 129 Å². The smallest absolute Gasteiger partial charge is 0.0788 e. The molecule has 0 fully saturated rings. The molecule has 0 aliphatic carbocycles. The second kappa shape index (κ2) is 12.5. The van der Waals surface area contributed by atoms with Crippen LogP contribution in [0, 0.1) is 0 Å². The molecule has 0 atom stereocenters. The van der Waals surface area contributed by atoms with Crippen molar-refractivity contribution in [1.29, 1.82) is 0 Å². The maximum atomic E-state index is 5.53. The van der Waals surface area contributed by atoms with Crippen molar-refractivity contribution in [2.24, 2.45) is 0 Å². The van der Waals surface area contributed by atoms with Crippen LogP contribution < -0.4 is 0 Å². The molecular weight excluding hydrogens is 733 g/mol. The van der Waals surface area contributed by atoms with Gasteiger partial charge in [-0.15, -0.1) is 11.3 Å². The number of hydrogen-bond acceptors (Lipinski definition) is 3. The summed E-state index contributed by atoms with van der Waals surface area (Å²) in [6.45, 7) is 0. The average molecular weight is 765 g/mol. The van der Waals surface area contributed by atoms with E-state index in [2.05, 4.69) is 194 Å². The van der Waals surface area contributed by atoms with Crippen LogP contribution in [-0.2, 0) is 0 Å². The Labute approximate surface area is 343 Å². The summed E-state index contributed by atoms with van der Waals surface area (Å²) in [5.41, 5.74) is 10.0. The lowest BCUT2D eigenvalue weighted by molar-refractivity contribution is 1.43. The van der Waals surface area contributed by atoms with Crippen LogP contribution in [0.4, 0.5) is 0 Å². The molecule has 2 nitrogen and oxygen atoms in total. The van der Waals surface area contributed by atoms with E-state index in [0.717, 1.165) is 49.5 Å². The number of rotatable bonds is 3. The summed E-state index contributed by atoms with van der Waals surface area (Å²) in [7, 11) is 0. The van der Waals surface area contributed by atoms with Crippen molar-refractivity contribution in [3.05, 3.63) is 194 Å². The van der Waals surface area contributed by atoms with E-state index in [1.54, 1.807) is 0 Å². The lowest BCUT2D eigenvalue weighted by Crippen LogP contribution is -1.94. The van der Waals surface area contributed by atoms with Gasteiger partial charge < -0.3 is 0 Å². The molecule has 0 saturated carbocycles. The van der Waals surface area contributed by atoms with E-state index in [4.69, 9.17) is 9.97 Å². The molecular formula is C56H32N2S. The number of thiophene rings is 1. The molecule has 3 heteroatoms. The van der Waals surface area contributed by atoms with Crippen LogP contribution in [-0.4, -0.2) is 9.97 Å². The van der Waals surface area contributed by atoms with Crippen LogP contribution in [0.15, 0.2) is 194 Å². The normalized spacial score (nSPS) is 12.1. The molecule has 0 saturated heterocycles. The Balaban J connectivity index is 1.12. The van der Waals surface area contributed by atoms with Gasteiger partial charge in [-0.1, -0.05) is 164 Å². The number of para-hydroxylation sites is 1. The highest BCUT2D eigenvalue weighted by atomic mass is 32.1. The second-order valence-corrected chi connectivity index (χ2v) is 16.6. The third-order valence-corrected chi connectivity index (χ3v) is 13.6. The first-order valence-electron chi connectivity index (χ1n) is 20.2. The predicted octanol–water partition coefficient (Wildman–Crippen LogP) is 15.9. The van der Waals surface area contributed by atoms with Gasteiger partial charge in [-0.05, 0) is 79.5 Å². The lowest BCUT2D eigenvalue weighted by atomic mass is 9.84. The topological polar surface area (TPSA) is 25.8 Å². The van der Waals surface area contributed by atoms with Gasteiger partial charge in [0.2, 0.25) is 0 Å². The zero-order valence-corrected chi connectivity index (χ0v) is 32.6. The quantitative estimate of drug-likeness (QED) is 0.132. The molecule has 0 aliphatic rings. The van der Waals surface area contributed by atoms with E-state index in [1.165, 1.54) is 80.0 Å². The minimum Gasteiger partial charge on any atom is -0.247 e. The van der Waals surface area contributed by atoms with Crippen LogP contribution >= 0.6 is 11.3 Å². The van der Waals surface area contributed by atoms with Crippen molar-refractivity contribution in [2.45, 2.75) is 0 Å². The molecule has 0 amide bonds. The summed E-state index contributed by atoms with van der Waals surface area (Å²) in [4.78, 5) is 10.7. The van der Waals surface area contributed by atoms with Crippen LogP contribution in [0.2, 0.25) is 0 Å². The average Bonchev–Trinajstić information content (AvgIpc) is 3.69. The first-order valence-corrected chi connectivity index (χ1v) is 21.0. The fourth-order valence-corrected chi connectivity index (χ4v) is 11.1. The molecule has 3 heterocycles. The molecule has 59 heavy (non-hydrogen) atoms. The number of fused-ring (bicyclic) bond motifs is 13. The number of nitrogens with zero attached hydrogens (tertiary/aromatic N) is 2. The maximum absolute atomic E-state index is 5.53. The molecule has 0 bridgehead atoms. The Hall–Kier alpha value is -7.46. The largest absolute Gasteiger partial charge is 0.247 e. The molecule has 13 rings (SSSR count). The number of aromatic nitrogens is 2. The molecule has 272 valence electrons. The maximum Gasteiger partial charge on any atom is 0.0788 e. The Morgan fingerprint density at radius 3 is 1.73 bits per heavy atom. The summed E-state index contributed by atoms with van der Waals surface area (Å²) < 4.78 is 2.62. The van der Waals surface area contributed by atoms with E-state index < -0.39 is 0 Å². The van der Waals surface area contributed by atoms with E-state index in [0.29, 0.717) is 0 Å². The van der Waals surface area contributed by atoms with Crippen molar-refractivity contribution < 1.29 is 0 Å². The zero-order valence-electron chi connectivity index (χ0n) is 31.8. The monoisotopic (exact) mass is 764 g/mol. The highest BCUT2D eigenvalue weighted by Crippen LogP contribution is 2.48. The van der Waals surface area contributed by atoms with Gasteiger partial charge in [0.1, 0.15) is 0 Å². The summed E-state index contributed by atoms with van der Waals surface area (Å²) >= 11 is 1.88. The summed E-state index contributed by atoms with van der Waals surface area (Å²) in [5, 5.41) is 15.8. The lowest BCUT2D eigenvalue weighted by Gasteiger charge is -2.20. The van der Waals surface area contributed by atoms with Gasteiger partial charge in [-0.2, -0.15) is 0 Å². The fraction of sp³-hybridized carbons (Fsp3) is 0. The molecule has 0 spiro atoms. The highest BCUT2D eigenvalue weighted by molar-refractivity contribution is 7.26. The van der Waals surface area contributed by atoms with Crippen LogP contribution in [0.5, 0.6) is 0 Å². The molecule has 0 unspecified atom stereocenters. The molecule has 0 N–H and O–H groups in total. The zero-order chi connectivity index (χ0) is 38.6. The molecule has 0 aliphatic heterocycles. The van der Waals surface area contributed by atoms with Gasteiger partial charge >= 0.3 is 0 Å². The third kappa shape index (κ3) is 4.80. The first kappa shape index (κ1) is 32.6. The van der Waals surface area contributed by atoms with Crippen LogP contribution in [0.3, 0.4) is 0 Å². The molecule has 0 radical (unpaired) electrons. The van der Waals surface area contributed by atoms with Crippen molar-refractivity contribution in [3.63, 3.8) is 0 Å². The summed E-state index contributed by atoms with van der Waals surface area (Å²) in [6, 6.07) is 70.8. The first-order chi connectivity index (χ1) is 29.3. The minimum atomic E-state index is 0.997. The number of hydrogen-bond donors (Lipinski definition) is 0. The van der Waals surface area contributed by atoms with Gasteiger partial charge in [0.25, 0.3) is 0 Å². The van der Waals surface area contributed by atoms with E-state index in [1.807, 2.05) is 11.3 Å². The second-order valence-electron chi connectivity index (χ2n) is 15.6. The summed E-state index contributed by atoms with van der Waals surface area (Å²) in [5.74, 6) is 0.